The highest BCUT2D eigenvalue weighted by Gasteiger charge is 2.40. The Bertz CT molecular complexity index is 509. The van der Waals surface area contributed by atoms with E-state index < -0.39 is 5.37 Å². The molecule has 2 rings (SSSR count). The Kier molecular flexibility index (Phi) is 4.09. The zero-order chi connectivity index (χ0) is 14.0. The van der Waals surface area contributed by atoms with E-state index in [1.54, 1.807) is 25.1 Å². The number of carbonyl (C=O) groups is 2. The lowest BCUT2D eigenvalue weighted by Gasteiger charge is -2.23. The molecule has 2 unspecified atom stereocenters. The van der Waals surface area contributed by atoms with Gasteiger partial charge in [-0.3, -0.25) is 9.59 Å². The van der Waals surface area contributed by atoms with Gasteiger partial charge in [0.15, 0.2) is 0 Å². The molecular formula is C13H15FN2O2S. The predicted octanol–water partition coefficient (Wildman–Crippen LogP) is 1.53. The van der Waals surface area contributed by atoms with Crippen LogP contribution in [0.25, 0.3) is 0 Å². The zero-order valence-electron chi connectivity index (χ0n) is 10.7. The second-order valence-corrected chi connectivity index (χ2v) is 5.72. The lowest BCUT2D eigenvalue weighted by atomic mass is 10.2. The van der Waals surface area contributed by atoms with Gasteiger partial charge in [-0.2, -0.15) is 0 Å². The molecule has 102 valence electrons. The Morgan fingerprint density at radius 1 is 1.47 bits per heavy atom. The molecule has 0 spiro atoms. The Hall–Kier alpha value is -1.56. The first-order valence-corrected chi connectivity index (χ1v) is 6.90. The molecule has 1 N–H and O–H groups in total. The van der Waals surface area contributed by atoms with Crippen molar-refractivity contribution < 1.29 is 14.0 Å². The van der Waals surface area contributed by atoms with Crippen LogP contribution in [0.5, 0.6) is 0 Å². The number of amides is 2. The van der Waals surface area contributed by atoms with Gasteiger partial charge in [0, 0.05) is 12.6 Å². The maximum absolute atomic E-state index is 13.8. The Morgan fingerprint density at radius 3 is 2.79 bits per heavy atom. The van der Waals surface area contributed by atoms with Crippen LogP contribution in [-0.2, 0) is 9.59 Å². The first-order chi connectivity index (χ1) is 9.04. The van der Waals surface area contributed by atoms with Gasteiger partial charge in [-0.05, 0) is 13.0 Å². The van der Waals surface area contributed by atoms with E-state index in [0.717, 1.165) is 0 Å². The van der Waals surface area contributed by atoms with Crippen molar-refractivity contribution in [1.82, 2.24) is 10.2 Å². The van der Waals surface area contributed by atoms with E-state index in [1.807, 2.05) is 0 Å². The fourth-order valence-corrected chi connectivity index (χ4v) is 3.29. The number of benzene rings is 1. The van der Waals surface area contributed by atoms with Crippen molar-refractivity contribution in [3.63, 3.8) is 0 Å². The van der Waals surface area contributed by atoms with Gasteiger partial charge in [0.05, 0.1) is 5.25 Å². The molecular weight excluding hydrogens is 267 g/mol. The van der Waals surface area contributed by atoms with E-state index in [-0.39, 0.29) is 29.4 Å². The van der Waals surface area contributed by atoms with Crippen molar-refractivity contribution in [2.75, 3.05) is 13.6 Å². The number of carbonyl (C=O) groups excluding carboxylic acids is 2. The van der Waals surface area contributed by atoms with Crippen LogP contribution in [0, 0.1) is 5.82 Å². The maximum atomic E-state index is 13.8. The van der Waals surface area contributed by atoms with Crippen molar-refractivity contribution >= 4 is 23.6 Å². The molecule has 6 heteroatoms. The molecule has 1 fully saturated rings. The van der Waals surface area contributed by atoms with Gasteiger partial charge in [0.1, 0.15) is 17.7 Å². The second-order valence-electron chi connectivity index (χ2n) is 4.29. The van der Waals surface area contributed by atoms with Crippen molar-refractivity contribution in [2.45, 2.75) is 17.5 Å². The molecule has 0 saturated carbocycles. The van der Waals surface area contributed by atoms with Crippen LogP contribution in [0.4, 0.5) is 4.39 Å². The predicted molar refractivity (Wildman–Crippen MR) is 72.0 cm³/mol. The van der Waals surface area contributed by atoms with Crippen LogP contribution in [0.3, 0.4) is 0 Å². The molecule has 1 saturated heterocycles. The Morgan fingerprint density at radius 2 is 2.16 bits per heavy atom. The summed E-state index contributed by atoms with van der Waals surface area (Å²) >= 11 is 1.36. The molecule has 0 aromatic heterocycles. The Balaban J connectivity index is 2.30. The highest BCUT2D eigenvalue weighted by Crippen LogP contribution is 2.43. The molecule has 2 amide bonds. The molecule has 1 aliphatic rings. The van der Waals surface area contributed by atoms with Crippen molar-refractivity contribution in [1.29, 1.82) is 0 Å². The number of halogens is 1. The molecule has 1 aromatic rings. The monoisotopic (exact) mass is 282 g/mol. The van der Waals surface area contributed by atoms with Gasteiger partial charge in [-0.1, -0.05) is 18.2 Å². The summed E-state index contributed by atoms with van der Waals surface area (Å²) in [4.78, 5) is 25.0. The van der Waals surface area contributed by atoms with Gasteiger partial charge in [-0.15, -0.1) is 11.8 Å². The number of nitrogens with zero attached hydrogens (tertiary/aromatic N) is 1. The standard InChI is InChI=1S/C13H15FN2O2S/c1-8-12(18)16(7-11(17)15-2)13(19-8)9-5-3-4-6-10(9)14/h3-6,8,13H,7H2,1-2H3,(H,15,17). The average molecular weight is 282 g/mol. The molecule has 19 heavy (non-hydrogen) atoms. The van der Waals surface area contributed by atoms with Gasteiger partial charge in [0.2, 0.25) is 11.8 Å². The minimum absolute atomic E-state index is 0.0499. The lowest BCUT2D eigenvalue weighted by molar-refractivity contribution is -0.134. The van der Waals surface area contributed by atoms with Crippen LogP contribution >= 0.6 is 11.8 Å². The average Bonchev–Trinajstić information content (AvgIpc) is 2.67. The number of nitrogens with one attached hydrogen (secondary N) is 1. The van der Waals surface area contributed by atoms with E-state index in [4.69, 9.17) is 0 Å². The number of thioether (sulfide) groups is 1. The van der Waals surface area contributed by atoms with Crippen molar-refractivity contribution in [2.24, 2.45) is 0 Å². The van der Waals surface area contributed by atoms with Gasteiger partial charge in [-0.25, -0.2) is 4.39 Å². The zero-order valence-corrected chi connectivity index (χ0v) is 11.5. The second kappa shape index (κ2) is 5.61. The molecule has 0 radical (unpaired) electrons. The fourth-order valence-electron chi connectivity index (χ4n) is 1.99. The topological polar surface area (TPSA) is 49.4 Å². The van der Waals surface area contributed by atoms with E-state index in [1.165, 1.54) is 29.8 Å². The first kappa shape index (κ1) is 13.9. The molecule has 0 bridgehead atoms. The summed E-state index contributed by atoms with van der Waals surface area (Å²) in [6, 6.07) is 6.34. The summed E-state index contributed by atoms with van der Waals surface area (Å²) in [5, 5.41) is 1.77. The summed E-state index contributed by atoms with van der Waals surface area (Å²) in [5.41, 5.74) is 0.439. The van der Waals surface area contributed by atoms with E-state index in [0.29, 0.717) is 5.56 Å². The van der Waals surface area contributed by atoms with Gasteiger partial charge >= 0.3 is 0 Å². The Labute approximate surface area is 115 Å². The molecule has 0 aliphatic carbocycles. The summed E-state index contributed by atoms with van der Waals surface area (Å²) in [6.45, 7) is 1.72. The quantitative estimate of drug-likeness (QED) is 0.915. The molecule has 1 aliphatic heterocycles. The van der Waals surface area contributed by atoms with Crippen LogP contribution < -0.4 is 5.32 Å². The van der Waals surface area contributed by atoms with Gasteiger partial charge in [0.25, 0.3) is 0 Å². The SMILES string of the molecule is CNC(=O)CN1C(=O)C(C)SC1c1ccccc1F. The third-order valence-corrected chi connectivity index (χ3v) is 4.39. The maximum Gasteiger partial charge on any atom is 0.239 e. The fraction of sp³-hybridized carbons (Fsp3) is 0.385. The molecule has 2 atom stereocenters. The van der Waals surface area contributed by atoms with Crippen LogP contribution in [0.1, 0.15) is 17.9 Å². The normalized spacial score (nSPS) is 22.7. The van der Waals surface area contributed by atoms with Crippen molar-refractivity contribution in [3.05, 3.63) is 35.6 Å². The first-order valence-electron chi connectivity index (χ1n) is 5.95. The van der Waals surface area contributed by atoms with E-state index in [2.05, 4.69) is 5.32 Å². The van der Waals surface area contributed by atoms with Crippen LogP contribution in [0.15, 0.2) is 24.3 Å². The van der Waals surface area contributed by atoms with Crippen LogP contribution in [-0.4, -0.2) is 35.6 Å². The minimum atomic E-state index is -0.444. The largest absolute Gasteiger partial charge is 0.358 e. The van der Waals surface area contributed by atoms with E-state index in [9.17, 15) is 14.0 Å². The highest BCUT2D eigenvalue weighted by atomic mass is 32.2. The third-order valence-electron chi connectivity index (χ3n) is 3.01. The number of hydrogen-bond acceptors (Lipinski definition) is 3. The van der Waals surface area contributed by atoms with E-state index >= 15 is 0 Å². The summed E-state index contributed by atoms with van der Waals surface area (Å²) in [7, 11) is 1.51. The summed E-state index contributed by atoms with van der Waals surface area (Å²) < 4.78 is 13.8. The van der Waals surface area contributed by atoms with Gasteiger partial charge < -0.3 is 10.2 Å². The molecule has 1 heterocycles. The number of likely N-dealkylation sites (N-methyl/N-ethyl adjacent to an activating group) is 1. The number of rotatable bonds is 3. The molecule has 4 nitrogen and oxygen atoms in total. The third kappa shape index (κ3) is 2.73. The number of hydrogen-bond donors (Lipinski definition) is 1. The highest BCUT2D eigenvalue weighted by molar-refractivity contribution is 8.01. The lowest BCUT2D eigenvalue weighted by Crippen LogP contribution is -2.39. The van der Waals surface area contributed by atoms with Crippen molar-refractivity contribution in [3.8, 4) is 0 Å². The minimum Gasteiger partial charge on any atom is -0.358 e. The van der Waals surface area contributed by atoms with Crippen LogP contribution in [0.2, 0.25) is 0 Å². The molecule has 1 aromatic carbocycles. The smallest absolute Gasteiger partial charge is 0.239 e. The summed E-state index contributed by atoms with van der Waals surface area (Å²) in [6.07, 6.45) is 0. The summed E-state index contributed by atoms with van der Waals surface area (Å²) in [5.74, 6) is -0.755.